The van der Waals surface area contributed by atoms with Crippen molar-refractivity contribution in [2.75, 3.05) is 0 Å². The van der Waals surface area contributed by atoms with E-state index in [1.807, 2.05) is 12.4 Å². The third-order valence-corrected chi connectivity index (χ3v) is 3.74. The summed E-state index contributed by atoms with van der Waals surface area (Å²) in [5.41, 5.74) is 9.27. The quantitative estimate of drug-likeness (QED) is 0.814. The lowest BCUT2D eigenvalue weighted by Gasteiger charge is -2.11. The Bertz CT molecular complexity index is 365. The zero-order valence-corrected chi connectivity index (χ0v) is 9.08. The van der Waals surface area contributed by atoms with Crippen LogP contribution in [0.1, 0.15) is 49.1 Å². The zero-order valence-electron chi connectivity index (χ0n) is 9.08. The maximum Gasteiger partial charge on any atom is 0.0302 e. The molecule has 2 aliphatic carbocycles. The van der Waals surface area contributed by atoms with Gasteiger partial charge >= 0.3 is 0 Å². The topological polar surface area (TPSA) is 38.9 Å². The summed E-state index contributed by atoms with van der Waals surface area (Å²) in [6.07, 6.45) is 11.4. The minimum atomic E-state index is 0.177. The van der Waals surface area contributed by atoms with Gasteiger partial charge < -0.3 is 5.73 Å². The third-order valence-electron chi connectivity index (χ3n) is 3.74. The molecule has 2 N–H and O–H groups in total. The molecule has 3 rings (SSSR count). The molecule has 0 aromatic carbocycles. The van der Waals surface area contributed by atoms with Crippen LogP contribution in [0.3, 0.4) is 0 Å². The molecule has 0 spiro atoms. The van der Waals surface area contributed by atoms with Crippen molar-refractivity contribution in [1.29, 1.82) is 0 Å². The average molecular weight is 202 g/mol. The summed E-state index contributed by atoms with van der Waals surface area (Å²) in [4.78, 5) is 4.24. The molecular formula is C13H18N2. The molecule has 1 aromatic heterocycles. The normalized spacial score (nSPS) is 22.7. The molecule has 1 heterocycles. The molecule has 1 aromatic rings. The Morgan fingerprint density at radius 3 is 2.87 bits per heavy atom. The first kappa shape index (κ1) is 9.34. The molecule has 2 saturated carbocycles. The summed E-state index contributed by atoms with van der Waals surface area (Å²) < 4.78 is 0. The van der Waals surface area contributed by atoms with Gasteiger partial charge in [0.05, 0.1) is 0 Å². The van der Waals surface area contributed by atoms with Crippen molar-refractivity contribution in [1.82, 2.24) is 4.98 Å². The third kappa shape index (κ3) is 2.05. The summed E-state index contributed by atoms with van der Waals surface area (Å²) >= 11 is 0. The van der Waals surface area contributed by atoms with E-state index in [1.54, 1.807) is 0 Å². The summed E-state index contributed by atoms with van der Waals surface area (Å²) in [6, 6.07) is 2.20. The molecule has 2 fully saturated rings. The zero-order chi connectivity index (χ0) is 10.3. The van der Waals surface area contributed by atoms with Gasteiger partial charge in [0, 0.05) is 17.9 Å². The van der Waals surface area contributed by atoms with Crippen LogP contribution >= 0.6 is 0 Å². The Kier molecular flexibility index (Phi) is 2.06. The molecule has 2 aliphatic rings. The smallest absolute Gasteiger partial charge is 0.0302 e. The van der Waals surface area contributed by atoms with Crippen molar-refractivity contribution in [3.05, 3.63) is 29.6 Å². The van der Waals surface area contributed by atoms with Crippen LogP contribution in [-0.4, -0.2) is 10.5 Å². The fourth-order valence-corrected chi connectivity index (χ4v) is 2.23. The number of aryl methyl sites for hydroxylation is 1. The van der Waals surface area contributed by atoms with Gasteiger partial charge in [0.15, 0.2) is 0 Å². The summed E-state index contributed by atoms with van der Waals surface area (Å²) in [7, 11) is 0. The van der Waals surface area contributed by atoms with E-state index in [2.05, 4.69) is 11.1 Å². The van der Waals surface area contributed by atoms with Gasteiger partial charge in [-0.15, -0.1) is 0 Å². The number of nitrogens with two attached hydrogens (primary N) is 1. The van der Waals surface area contributed by atoms with E-state index < -0.39 is 0 Å². The van der Waals surface area contributed by atoms with E-state index in [4.69, 9.17) is 5.73 Å². The van der Waals surface area contributed by atoms with Gasteiger partial charge in [0.25, 0.3) is 0 Å². The van der Waals surface area contributed by atoms with Crippen LogP contribution in [-0.2, 0) is 6.42 Å². The fraction of sp³-hybridized carbons (Fsp3) is 0.615. The van der Waals surface area contributed by atoms with Crippen molar-refractivity contribution in [3.8, 4) is 0 Å². The van der Waals surface area contributed by atoms with Gasteiger partial charge in [-0.2, -0.15) is 0 Å². The molecule has 80 valence electrons. The second kappa shape index (κ2) is 3.31. The SMILES string of the molecule is NC1(CCc2cnccc2C2CC2)CC1. The molecule has 2 heteroatoms. The second-order valence-corrected chi connectivity index (χ2v) is 5.21. The number of hydrogen-bond acceptors (Lipinski definition) is 2. The highest BCUT2D eigenvalue weighted by atomic mass is 14.8. The van der Waals surface area contributed by atoms with Crippen molar-refractivity contribution in [2.24, 2.45) is 5.73 Å². The highest BCUT2D eigenvalue weighted by Gasteiger charge is 2.37. The molecule has 0 unspecified atom stereocenters. The molecule has 0 saturated heterocycles. The molecule has 2 nitrogen and oxygen atoms in total. The minimum absolute atomic E-state index is 0.177. The predicted molar refractivity (Wildman–Crippen MR) is 60.7 cm³/mol. The Morgan fingerprint density at radius 1 is 1.40 bits per heavy atom. The van der Waals surface area contributed by atoms with Crippen molar-refractivity contribution >= 4 is 0 Å². The Morgan fingerprint density at radius 2 is 2.20 bits per heavy atom. The Balaban J connectivity index is 1.72. The van der Waals surface area contributed by atoms with Gasteiger partial charge in [-0.3, -0.25) is 4.98 Å². The van der Waals surface area contributed by atoms with Crippen LogP contribution < -0.4 is 5.73 Å². The van der Waals surface area contributed by atoms with Crippen LogP contribution in [0.4, 0.5) is 0 Å². The number of nitrogens with zero attached hydrogens (tertiary/aromatic N) is 1. The van der Waals surface area contributed by atoms with E-state index in [0.29, 0.717) is 0 Å². The molecular weight excluding hydrogens is 184 g/mol. The van der Waals surface area contributed by atoms with Gasteiger partial charge in [-0.25, -0.2) is 0 Å². The van der Waals surface area contributed by atoms with Gasteiger partial charge in [-0.05, 0) is 61.6 Å². The van der Waals surface area contributed by atoms with E-state index >= 15 is 0 Å². The maximum absolute atomic E-state index is 6.12. The van der Waals surface area contributed by atoms with Crippen LogP contribution in [0.2, 0.25) is 0 Å². The van der Waals surface area contributed by atoms with Crippen LogP contribution in [0, 0.1) is 0 Å². The lowest BCUT2D eigenvalue weighted by molar-refractivity contribution is 0.606. The standard InChI is InChI=1S/C13H18N2/c14-13(6-7-13)5-3-11-9-15-8-4-12(11)10-1-2-10/h4,8-10H,1-3,5-7,14H2. The molecule has 0 aliphatic heterocycles. The Labute approximate surface area is 90.9 Å². The average Bonchev–Trinajstić information content (AvgIpc) is 3.11. The first-order valence-corrected chi connectivity index (χ1v) is 5.99. The van der Waals surface area contributed by atoms with Gasteiger partial charge in [0.2, 0.25) is 0 Å². The number of hydrogen-bond donors (Lipinski definition) is 1. The van der Waals surface area contributed by atoms with Gasteiger partial charge in [0.1, 0.15) is 0 Å². The lowest BCUT2D eigenvalue weighted by atomic mass is 9.99. The van der Waals surface area contributed by atoms with Crippen molar-refractivity contribution < 1.29 is 0 Å². The van der Waals surface area contributed by atoms with Gasteiger partial charge in [-0.1, -0.05) is 0 Å². The predicted octanol–water partition coefficient (Wildman–Crippen LogP) is 2.38. The summed E-state index contributed by atoms with van der Waals surface area (Å²) in [6.45, 7) is 0. The minimum Gasteiger partial charge on any atom is -0.325 e. The van der Waals surface area contributed by atoms with E-state index in [9.17, 15) is 0 Å². The molecule has 0 bridgehead atoms. The lowest BCUT2D eigenvalue weighted by Crippen LogP contribution is -2.22. The number of pyridine rings is 1. The molecule has 0 atom stereocenters. The maximum atomic E-state index is 6.12. The molecule has 0 amide bonds. The highest BCUT2D eigenvalue weighted by Crippen LogP contribution is 2.43. The fourth-order valence-electron chi connectivity index (χ4n) is 2.23. The van der Waals surface area contributed by atoms with Crippen LogP contribution in [0.25, 0.3) is 0 Å². The highest BCUT2D eigenvalue weighted by molar-refractivity contribution is 5.31. The molecule has 0 radical (unpaired) electrons. The first-order chi connectivity index (χ1) is 7.27. The van der Waals surface area contributed by atoms with E-state index in [1.165, 1.54) is 36.8 Å². The van der Waals surface area contributed by atoms with E-state index in [-0.39, 0.29) is 5.54 Å². The number of rotatable bonds is 4. The van der Waals surface area contributed by atoms with E-state index in [0.717, 1.165) is 18.8 Å². The summed E-state index contributed by atoms with van der Waals surface area (Å²) in [5.74, 6) is 0.830. The monoisotopic (exact) mass is 202 g/mol. The number of aromatic nitrogens is 1. The molecule has 15 heavy (non-hydrogen) atoms. The summed E-state index contributed by atoms with van der Waals surface area (Å²) in [5, 5.41) is 0. The first-order valence-electron chi connectivity index (χ1n) is 5.99. The van der Waals surface area contributed by atoms with Crippen LogP contribution in [0.15, 0.2) is 18.5 Å². The van der Waals surface area contributed by atoms with Crippen molar-refractivity contribution in [3.63, 3.8) is 0 Å². The Hall–Kier alpha value is -0.890. The largest absolute Gasteiger partial charge is 0.325 e. The van der Waals surface area contributed by atoms with Crippen molar-refractivity contribution in [2.45, 2.75) is 50.0 Å². The second-order valence-electron chi connectivity index (χ2n) is 5.21. The van der Waals surface area contributed by atoms with Crippen LogP contribution in [0.5, 0.6) is 0 Å².